The molecule has 84 valence electrons. The van der Waals surface area contributed by atoms with Crippen molar-refractivity contribution < 1.29 is 4.79 Å². The number of Topliss-reactive ketones (excluding diaryl/α,β-unsaturated/α-hetero) is 1. The fourth-order valence-corrected chi connectivity index (χ4v) is 2.62. The summed E-state index contributed by atoms with van der Waals surface area (Å²) >= 11 is 17.9. The summed E-state index contributed by atoms with van der Waals surface area (Å²) in [5.41, 5.74) is 0.499. The van der Waals surface area contributed by atoms with Crippen LogP contribution in [0.25, 0.3) is 0 Å². The zero-order valence-corrected chi connectivity index (χ0v) is 12.8. The van der Waals surface area contributed by atoms with E-state index in [2.05, 4.69) is 31.9 Å². The summed E-state index contributed by atoms with van der Waals surface area (Å²) in [5, 5.41) is 0. The Labute approximate surface area is 115 Å². The van der Waals surface area contributed by atoms with Crippen molar-refractivity contribution in [3.8, 4) is 0 Å². The summed E-state index contributed by atoms with van der Waals surface area (Å²) in [7, 11) is 0. The van der Waals surface area contributed by atoms with E-state index in [1.807, 2.05) is 18.4 Å². The normalized spacial score (nSPS) is 11.5. The molecule has 0 saturated heterocycles. The average molecular weight is 378 g/mol. The van der Waals surface area contributed by atoms with Gasteiger partial charge in [-0.1, -0.05) is 23.2 Å². The lowest BCUT2D eigenvalue weighted by atomic mass is 10.3. The first kappa shape index (κ1) is 13.6. The number of aromatic nitrogens is 1. The minimum Gasteiger partial charge on any atom is -0.329 e. The summed E-state index contributed by atoms with van der Waals surface area (Å²) in [6.45, 7) is 3.96. The van der Waals surface area contributed by atoms with Crippen molar-refractivity contribution in [2.24, 2.45) is 0 Å². The van der Waals surface area contributed by atoms with Gasteiger partial charge in [-0.15, -0.1) is 0 Å². The number of carbonyl (C=O) groups excluding carboxylic acids is 1. The maximum Gasteiger partial charge on any atom is 0.212 e. The Morgan fingerprint density at radius 3 is 2.33 bits per heavy atom. The Kier molecular flexibility index (Phi) is 4.71. The Balaban J connectivity index is 3.30. The zero-order chi connectivity index (χ0) is 11.7. The summed E-state index contributed by atoms with van der Waals surface area (Å²) in [5.74, 6) is -0.293. The predicted molar refractivity (Wildman–Crippen MR) is 70.0 cm³/mol. The number of halogens is 4. The number of hydrogen-bond acceptors (Lipinski definition) is 1. The molecule has 0 spiro atoms. The first-order chi connectivity index (χ1) is 6.86. The molecule has 1 rings (SSSR count). The van der Waals surface area contributed by atoms with Crippen molar-refractivity contribution in [1.82, 2.24) is 4.57 Å². The van der Waals surface area contributed by atoms with E-state index in [4.69, 9.17) is 23.2 Å². The third-order valence-electron chi connectivity index (χ3n) is 1.90. The smallest absolute Gasteiger partial charge is 0.212 e. The van der Waals surface area contributed by atoms with Gasteiger partial charge in [-0.2, -0.15) is 0 Å². The van der Waals surface area contributed by atoms with E-state index < -0.39 is 4.84 Å². The van der Waals surface area contributed by atoms with E-state index in [1.165, 1.54) is 0 Å². The number of hydrogen-bond donors (Lipinski definition) is 0. The van der Waals surface area contributed by atoms with Crippen LogP contribution in [0.5, 0.6) is 0 Å². The van der Waals surface area contributed by atoms with Crippen LogP contribution in [0.2, 0.25) is 0 Å². The van der Waals surface area contributed by atoms with Gasteiger partial charge in [-0.3, -0.25) is 4.79 Å². The third-order valence-corrected chi connectivity index (χ3v) is 4.24. The molecule has 0 unspecified atom stereocenters. The molecule has 0 amide bonds. The number of ketones is 1. The molecule has 0 saturated carbocycles. The van der Waals surface area contributed by atoms with Gasteiger partial charge in [0.1, 0.15) is 0 Å². The first-order valence-corrected chi connectivity index (χ1v) is 6.70. The molecule has 0 atom stereocenters. The number of rotatable bonds is 3. The Morgan fingerprint density at radius 1 is 1.40 bits per heavy atom. The van der Waals surface area contributed by atoms with Crippen LogP contribution in [0.1, 0.15) is 30.4 Å². The highest BCUT2D eigenvalue weighted by Crippen LogP contribution is 2.31. The van der Waals surface area contributed by atoms with E-state index in [9.17, 15) is 4.79 Å². The summed E-state index contributed by atoms with van der Waals surface area (Å²) < 4.78 is 3.47. The van der Waals surface area contributed by atoms with Crippen molar-refractivity contribution >= 4 is 60.8 Å². The minimum atomic E-state index is -1.03. The van der Waals surface area contributed by atoms with Gasteiger partial charge in [0.15, 0.2) is 4.84 Å². The molecular formula is C9H9Br2Cl2NO. The molecule has 0 aliphatic heterocycles. The highest BCUT2D eigenvalue weighted by atomic mass is 79.9. The third kappa shape index (κ3) is 2.78. The second kappa shape index (κ2) is 5.21. The van der Waals surface area contributed by atoms with E-state index in [1.54, 1.807) is 6.07 Å². The molecule has 1 aromatic rings. The average Bonchev–Trinajstić information content (AvgIpc) is 2.41. The Bertz CT molecular complexity index is 388. The molecule has 0 radical (unpaired) electrons. The summed E-state index contributed by atoms with van der Waals surface area (Å²) in [4.78, 5) is 10.7. The van der Waals surface area contributed by atoms with E-state index in [-0.39, 0.29) is 11.8 Å². The van der Waals surface area contributed by atoms with Crippen molar-refractivity contribution in [3.63, 3.8) is 0 Å². The molecule has 15 heavy (non-hydrogen) atoms. The van der Waals surface area contributed by atoms with Gasteiger partial charge in [0.2, 0.25) is 5.78 Å². The predicted octanol–water partition coefficient (Wildman–Crippen LogP) is 4.58. The van der Waals surface area contributed by atoms with Gasteiger partial charge >= 0.3 is 0 Å². The molecule has 0 aliphatic carbocycles. The van der Waals surface area contributed by atoms with Crippen LogP contribution in [0.15, 0.2) is 15.1 Å². The van der Waals surface area contributed by atoms with Gasteiger partial charge in [-0.05, 0) is 51.8 Å². The quantitative estimate of drug-likeness (QED) is 0.558. The lowest BCUT2D eigenvalue weighted by Crippen LogP contribution is -2.16. The standard InChI is InChI=1S/C9H9Br2Cl2NO/c1-4(2)14-6(7(15)9(12)13)3-5(10)8(14)11/h3-4,9H,1-2H3. The highest BCUT2D eigenvalue weighted by molar-refractivity contribution is 9.13. The lowest BCUT2D eigenvalue weighted by Gasteiger charge is -2.14. The molecule has 6 heteroatoms. The fraction of sp³-hybridized carbons (Fsp3) is 0.444. The van der Waals surface area contributed by atoms with Gasteiger partial charge in [0, 0.05) is 6.04 Å². The summed E-state index contributed by atoms with van der Waals surface area (Å²) in [6, 6.07) is 1.86. The number of carbonyl (C=O) groups is 1. The second-order valence-corrected chi connectivity index (χ2v) is 6.00. The van der Waals surface area contributed by atoms with Gasteiger partial charge < -0.3 is 4.57 Å². The summed E-state index contributed by atoms with van der Waals surface area (Å²) in [6.07, 6.45) is 0. The van der Waals surface area contributed by atoms with E-state index in [0.717, 1.165) is 9.08 Å². The monoisotopic (exact) mass is 375 g/mol. The van der Waals surface area contributed by atoms with Crippen molar-refractivity contribution in [2.75, 3.05) is 0 Å². The van der Waals surface area contributed by atoms with Crippen LogP contribution < -0.4 is 0 Å². The van der Waals surface area contributed by atoms with Crippen molar-refractivity contribution in [1.29, 1.82) is 0 Å². The maximum absolute atomic E-state index is 11.7. The van der Waals surface area contributed by atoms with Crippen molar-refractivity contribution in [2.45, 2.75) is 24.7 Å². The van der Waals surface area contributed by atoms with Crippen LogP contribution in [0, 0.1) is 0 Å². The maximum atomic E-state index is 11.7. The molecule has 1 heterocycles. The molecule has 0 aliphatic rings. The first-order valence-electron chi connectivity index (χ1n) is 4.24. The number of nitrogens with zero attached hydrogens (tertiary/aromatic N) is 1. The highest BCUT2D eigenvalue weighted by Gasteiger charge is 2.23. The molecule has 1 aromatic heterocycles. The van der Waals surface area contributed by atoms with Crippen LogP contribution in [-0.2, 0) is 0 Å². The lowest BCUT2D eigenvalue weighted by molar-refractivity contribution is 0.0996. The van der Waals surface area contributed by atoms with Crippen LogP contribution in [-0.4, -0.2) is 15.2 Å². The van der Waals surface area contributed by atoms with Crippen LogP contribution >= 0.6 is 55.1 Å². The molecule has 0 fully saturated rings. The Morgan fingerprint density at radius 2 is 1.93 bits per heavy atom. The molecule has 2 nitrogen and oxygen atoms in total. The van der Waals surface area contributed by atoms with Crippen LogP contribution in [0.3, 0.4) is 0 Å². The SMILES string of the molecule is CC(C)n1c(C(=O)C(Cl)Cl)cc(Br)c1Br. The van der Waals surface area contributed by atoms with Gasteiger partial charge in [0.05, 0.1) is 14.8 Å². The van der Waals surface area contributed by atoms with Gasteiger partial charge in [-0.25, -0.2) is 0 Å². The van der Waals surface area contributed by atoms with E-state index >= 15 is 0 Å². The van der Waals surface area contributed by atoms with Gasteiger partial charge in [0.25, 0.3) is 0 Å². The topological polar surface area (TPSA) is 22.0 Å². The fourth-order valence-electron chi connectivity index (χ4n) is 1.28. The largest absolute Gasteiger partial charge is 0.329 e. The Hall–Kier alpha value is 0.490. The number of alkyl halides is 2. The zero-order valence-electron chi connectivity index (χ0n) is 8.10. The van der Waals surface area contributed by atoms with Crippen molar-refractivity contribution in [3.05, 3.63) is 20.8 Å². The minimum absolute atomic E-state index is 0.150. The second-order valence-electron chi connectivity index (χ2n) is 3.30. The molecule has 0 N–H and O–H groups in total. The van der Waals surface area contributed by atoms with E-state index in [0.29, 0.717) is 5.69 Å². The molecule has 0 aromatic carbocycles. The van der Waals surface area contributed by atoms with Crippen LogP contribution in [0.4, 0.5) is 0 Å². The molecular weight excluding hydrogens is 369 g/mol. The molecule has 0 bridgehead atoms.